The van der Waals surface area contributed by atoms with E-state index in [1.807, 2.05) is 0 Å². The van der Waals surface area contributed by atoms with Gasteiger partial charge in [0.1, 0.15) is 11.4 Å². The van der Waals surface area contributed by atoms with Gasteiger partial charge in [0, 0.05) is 6.54 Å². The molecule has 148 valence electrons. The molecule has 0 aliphatic carbocycles. The van der Waals surface area contributed by atoms with Crippen LogP contribution in [0.5, 0.6) is 0 Å². The molecule has 0 saturated heterocycles. The van der Waals surface area contributed by atoms with Gasteiger partial charge in [0.05, 0.1) is 12.7 Å². The van der Waals surface area contributed by atoms with Gasteiger partial charge in [-0.15, -0.1) is 0 Å². The number of nitrogens with zero attached hydrogens (tertiary/aromatic N) is 1. The van der Waals surface area contributed by atoms with Gasteiger partial charge in [-0.05, 0) is 56.5 Å². The molecule has 1 amide bonds. The number of halogens is 3. The highest BCUT2D eigenvalue weighted by Crippen LogP contribution is 2.31. The minimum atomic E-state index is -2.95. The topological polar surface area (TPSA) is 55.8 Å². The fourth-order valence-electron chi connectivity index (χ4n) is 2.74. The maximum absolute atomic E-state index is 13.5. The molecule has 1 heterocycles. The van der Waals surface area contributed by atoms with Crippen LogP contribution in [0.1, 0.15) is 44.7 Å². The van der Waals surface area contributed by atoms with Gasteiger partial charge in [0.15, 0.2) is 6.04 Å². The molecule has 0 aromatic heterocycles. The third kappa shape index (κ3) is 5.02. The van der Waals surface area contributed by atoms with Crippen LogP contribution in [0.2, 0.25) is 0 Å². The summed E-state index contributed by atoms with van der Waals surface area (Å²) in [6.07, 6.45) is -1.88. The van der Waals surface area contributed by atoms with E-state index in [4.69, 9.17) is 9.47 Å². The lowest BCUT2D eigenvalue weighted by molar-refractivity contribution is -0.145. The molecule has 1 aliphatic rings. The molecule has 0 fully saturated rings. The van der Waals surface area contributed by atoms with Crippen LogP contribution in [0.3, 0.4) is 0 Å². The highest BCUT2D eigenvalue weighted by Gasteiger charge is 2.35. The number of benzene rings is 1. The second kappa shape index (κ2) is 8.02. The molecule has 2 rings (SSSR count). The molecule has 1 aliphatic heterocycles. The van der Waals surface area contributed by atoms with E-state index in [9.17, 15) is 22.8 Å². The average Bonchev–Trinajstić information content (AvgIpc) is 2.59. The van der Waals surface area contributed by atoms with Crippen LogP contribution in [0.4, 0.5) is 18.0 Å². The van der Waals surface area contributed by atoms with Crippen molar-refractivity contribution < 1.29 is 32.2 Å². The first-order chi connectivity index (χ1) is 12.5. The molecule has 8 heteroatoms. The zero-order valence-electron chi connectivity index (χ0n) is 15.6. The van der Waals surface area contributed by atoms with Crippen LogP contribution in [-0.2, 0) is 14.3 Å². The van der Waals surface area contributed by atoms with Gasteiger partial charge in [-0.25, -0.2) is 22.8 Å². The predicted molar refractivity (Wildman–Crippen MR) is 92.7 cm³/mol. The molecular formula is C19H22F3NO4. The Balaban J connectivity index is 2.37. The zero-order chi connectivity index (χ0) is 20.4. The Bertz CT molecular complexity index is 756. The molecule has 0 bridgehead atoms. The Morgan fingerprint density at radius 3 is 2.48 bits per heavy atom. The van der Waals surface area contributed by atoms with Crippen molar-refractivity contribution in [2.45, 2.75) is 45.3 Å². The quantitative estimate of drug-likeness (QED) is 0.727. The standard InChI is InChI=1S/C19H22F3NO4/c1-19(2,3)27-18(25)23-8-7-12(10-15(23)17(24)26-4)11-5-6-14(20)13(9-11)16(21)22/h5-6,9-10,15-16H,7-8H2,1-4H3. The minimum Gasteiger partial charge on any atom is -0.467 e. The van der Waals surface area contributed by atoms with Gasteiger partial charge in [-0.3, -0.25) is 4.90 Å². The van der Waals surface area contributed by atoms with E-state index in [1.54, 1.807) is 20.8 Å². The Morgan fingerprint density at radius 1 is 1.26 bits per heavy atom. The molecule has 1 atom stereocenters. The summed E-state index contributed by atoms with van der Waals surface area (Å²) < 4.78 is 49.5. The van der Waals surface area contributed by atoms with Crippen LogP contribution < -0.4 is 0 Å². The summed E-state index contributed by atoms with van der Waals surface area (Å²) in [4.78, 5) is 25.8. The number of carbonyl (C=O) groups is 2. The van der Waals surface area contributed by atoms with Crippen molar-refractivity contribution in [1.29, 1.82) is 0 Å². The van der Waals surface area contributed by atoms with Gasteiger partial charge in [0.2, 0.25) is 0 Å². The lowest BCUT2D eigenvalue weighted by Gasteiger charge is -2.34. The number of carbonyl (C=O) groups excluding carboxylic acids is 2. The van der Waals surface area contributed by atoms with E-state index in [2.05, 4.69) is 0 Å². The van der Waals surface area contributed by atoms with Gasteiger partial charge in [-0.1, -0.05) is 6.07 Å². The molecule has 5 nitrogen and oxygen atoms in total. The van der Waals surface area contributed by atoms with Crippen molar-refractivity contribution >= 4 is 17.6 Å². The van der Waals surface area contributed by atoms with Gasteiger partial charge in [-0.2, -0.15) is 0 Å². The second-order valence-corrected chi connectivity index (χ2v) is 7.12. The molecule has 0 radical (unpaired) electrons. The van der Waals surface area contributed by atoms with Crippen LogP contribution in [0.25, 0.3) is 5.57 Å². The fourth-order valence-corrected chi connectivity index (χ4v) is 2.74. The molecule has 1 aromatic rings. The molecule has 0 spiro atoms. The maximum atomic E-state index is 13.5. The first kappa shape index (κ1) is 20.8. The summed E-state index contributed by atoms with van der Waals surface area (Å²) in [5.41, 5.74) is -0.542. The monoisotopic (exact) mass is 385 g/mol. The third-order valence-electron chi connectivity index (χ3n) is 3.99. The van der Waals surface area contributed by atoms with Crippen molar-refractivity contribution in [2.24, 2.45) is 0 Å². The minimum absolute atomic E-state index is 0.127. The number of hydrogen-bond donors (Lipinski definition) is 0. The van der Waals surface area contributed by atoms with Crippen molar-refractivity contribution in [3.8, 4) is 0 Å². The lowest BCUT2D eigenvalue weighted by atomic mass is 9.94. The highest BCUT2D eigenvalue weighted by molar-refractivity contribution is 5.87. The maximum Gasteiger partial charge on any atom is 0.411 e. The van der Waals surface area contributed by atoms with E-state index in [1.165, 1.54) is 24.2 Å². The predicted octanol–water partition coefficient (Wildman–Crippen LogP) is 4.33. The molecule has 1 unspecified atom stereocenters. The SMILES string of the molecule is COC(=O)C1C=C(c2ccc(F)c(C(F)F)c2)CCN1C(=O)OC(C)(C)C. The molecule has 0 saturated carbocycles. The van der Waals surface area contributed by atoms with Crippen molar-refractivity contribution in [2.75, 3.05) is 13.7 Å². The van der Waals surface area contributed by atoms with Crippen molar-refractivity contribution in [3.63, 3.8) is 0 Å². The normalized spacial score (nSPS) is 17.6. The Labute approximate surface area is 155 Å². The smallest absolute Gasteiger partial charge is 0.411 e. The number of ether oxygens (including phenoxy) is 2. The zero-order valence-corrected chi connectivity index (χ0v) is 15.6. The number of amides is 1. The highest BCUT2D eigenvalue weighted by atomic mass is 19.3. The van der Waals surface area contributed by atoms with E-state index >= 15 is 0 Å². The van der Waals surface area contributed by atoms with Crippen LogP contribution in [-0.4, -0.2) is 42.3 Å². The number of rotatable bonds is 3. The lowest BCUT2D eigenvalue weighted by Crippen LogP contribution is -2.49. The summed E-state index contributed by atoms with van der Waals surface area (Å²) in [5, 5.41) is 0. The number of hydrogen-bond acceptors (Lipinski definition) is 4. The largest absolute Gasteiger partial charge is 0.467 e. The first-order valence-corrected chi connectivity index (χ1v) is 8.39. The van der Waals surface area contributed by atoms with Gasteiger partial charge >= 0.3 is 12.1 Å². The fraction of sp³-hybridized carbons (Fsp3) is 0.474. The molecular weight excluding hydrogens is 363 g/mol. The van der Waals surface area contributed by atoms with E-state index < -0.39 is 41.5 Å². The summed E-state index contributed by atoms with van der Waals surface area (Å²) in [7, 11) is 1.19. The van der Waals surface area contributed by atoms with Gasteiger partial charge in [0.25, 0.3) is 6.43 Å². The molecule has 27 heavy (non-hydrogen) atoms. The Morgan fingerprint density at radius 2 is 1.93 bits per heavy atom. The summed E-state index contributed by atoms with van der Waals surface area (Å²) >= 11 is 0. The van der Waals surface area contributed by atoms with E-state index in [-0.39, 0.29) is 6.54 Å². The number of methoxy groups -OCH3 is 1. The molecule has 1 aromatic carbocycles. The van der Waals surface area contributed by atoms with Crippen molar-refractivity contribution in [1.82, 2.24) is 4.90 Å². The summed E-state index contributed by atoms with van der Waals surface area (Å²) in [5.74, 6) is -1.68. The summed E-state index contributed by atoms with van der Waals surface area (Å²) in [6.45, 7) is 5.23. The van der Waals surface area contributed by atoms with Crippen LogP contribution >= 0.6 is 0 Å². The second-order valence-electron chi connectivity index (χ2n) is 7.12. The first-order valence-electron chi connectivity index (χ1n) is 8.39. The summed E-state index contributed by atoms with van der Waals surface area (Å²) in [6, 6.07) is 2.33. The Kier molecular flexibility index (Phi) is 6.18. The van der Waals surface area contributed by atoms with Crippen molar-refractivity contribution in [3.05, 3.63) is 41.2 Å². The van der Waals surface area contributed by atoms with Gasteiger partial charge < -0.3 is 9.47 Å². The van der Waals surface area contributed by atoms with Crippen LogP contribution in [0, 0.1) is 5.82 Å². The van der Waals surface area contributed by atoms with E-state index in [0.717, 1.165) is 12.1 Å². The number of esters is 1. The third-order valence-corrected chi connectivity index (χ3v) is 3.99. The van der Waals surface area contributed by atoms with Crippen LogP contribution in [0.15, 0.2) is 24.3 Å². The average molecular weight is 385 g/mol. The van der Waals surface area contributed by atoms with E-state index in [0.29, 0.717) is 17.6 Å². The molecule has 0 N–H and O–H groups in total. The Hall–Kier alpha value is -2.51. The number of alkyl halides is 2.